The van der Waals surface area contributed by atoms with Crippen molar-refractivity contribution in [3.8, 4) is 5.75 Å². The predicted molar refractivity (Wildman–Crippen MR) is 78.4 cm³/mol. The standard InChI is InChI=1S/C14H19Cl2NO2/c1-10-8-17(9-11(2)19-10)5-6-18-12-3-4-13(15)14(16)7-12/h3-4,7,10-11H,5-6,8-9H2,1-2H3/t10-,11-/m1/s1. The SMILES string of the molecule is C[C@@H]1CN(CCOc2ccc(Cl)c(Cl)c2)C[C@@H](C)O1. The summed E-state index contributed by atoms with van der Waals surface area (Å²) in [4.78, 5) is 2.36. The number of hydrogen-bond donors (Lipinski definition) is 0. The molecule has 1 aromatic carbocycles. The van der Waals surface area contributed by atoms with Crippen LogP contribution >= 0.6 is 23.2 Å². The zero-order chi connectivity index (χ0) is 13.8. The molecular formula is C14H19Cl2NO2. The van der Waals surface area contributed by atoms with Crippen molar-refractivity contribution in [3.05, 3.63) is 28.2 Å². The van der Waals surface area contributed by atoms with Crippen LogP contribution in [0.15, 0.2) is 18.2 Å². The minimum atomic E-state index is 0.286. The van der Waals surface area contributed by atoms with Crippen LogP contribution in [0.4, 0.5) is 0 Å². The van der Waals surface area contributed by atoms with Crippen LogP contribution in [-0.4, -0.2) is 43.3 Å². The van der Waals surface area contributed by atoms with E-state index in [1.54, 1.807) is 12.1 Å². The van der Waals surface area contributed by atoms with Gasteiger partial charge in [-0.1, -0.05) is 23.2 Å². The number of halogens is 2. The van der Waals surface area contributed by atoms with Crippen LogP contribution in [0.25, 0.3) is 0 Å². The Kier molecular flexibility index (Phi) is 5.34. The van der Waals surface area contributed by atoms with Gasteiger partial charge >= 0.3 is 0 Å². The molecule has 1 fully saturated rings. The minimum absolute atomic E-state index is 0.286. The van der Waals surface area contributed by atoms with Gasteiger partial charge in [0.05, 0.1) is 22.3 Å². The maximum atomic E-state index is 5.94. The normalized spacial score (nSPS) is 24.4. The first-order valence-corrected chi connectivity index (χ1v) is 7.26. The van der Waals surface area contributed by atoms with Crippen LogP contribution in [-0.2, 0) is 4.74 Å². The molecule has 0 bridgehead atoms. The summed E-state index contributed by atoms with van der Waals surface area (Å²) in [5.74, 6) is 0.753. The molecule has 1 aliphatic rings. The van der Waals surface area contributed by atoms with Crippen LogP contribution in [0.5, 0.6) is 5.75 Å². The first-order valence-electron chi connectivity index (χ1n) is 6.50. The van der Waals surface area contributed by atoms with Gasteiger partial charge in [-0.2, -0.15) is 0 Å². The van der Waals surface area contributed by atoms with Gasteiger partial charge in [0.1, 0.15) is 12.4 Å². The monoisotopic (exact) mass is 303 g/mol. The summed E-state index contributed by atoms with van der Waals surface area (Å²) in [6.07, 6.45) is 0.572. The Bertz CT molecular complexity index is 418. The largest absolute Gasteiger partial charge is 0.492 e. The van der Waals surface area contributed by atoms with Crippen LogP contribution in [0.3, 0.4) is 0 Å². The maximum absolute atomic E-state index is 5.94. The molecule has 19 heavy (non-hydrogen) atoms. The topological polar surface area (TPSA) is 21.7 Å². The highest BCUT2D eigenvalue weighted by molar-refractivity contribution is 6.42. The quantitative estimate of drug-likeness (QED) is 0.850. The Morgan fingerprint density at radius 1 is 1.21 bits per heavy atom. The molecule has 0 aromatic heterocycles. The zero-order valence-electron chi connectivity index (χ0n) is 11.2. The predicted octanol–water partition coefficient (Wildman–Crippen LogP) is 3.48. The van der Waals surface area contributed by atoms with Gasteiger partial charge in [0, 0.05) is 25.7 Å². The molecule has 2 atom stereocenters. The van der Waals surface area contributed by atoms with Crippen molar-refractivity contribution in [1.29, 1.82) is 0 Å². The molecule has 0 amide bonds. The fourth-order valence-corrected chi connectivity index (χ4v) is 2.61. The van der Waals surface area contributed by atoms with E-state index in [4.69, 9.17) is 32.7 Å². The number of morpholine rings is 1. The minimum Gasteiger partial charge on any atom is -0.492 e. The van der Waals surface area contributed by atoms with E-state index in [1.165, 1.54) is 0 Å². The van der Waals surface area contributed by atoms with Gasteiger partial charge in [0.15, 0.2) is 0 Å². The molecule has 0 unspecified atom stereocenters. The van der Waals surface area contributed by atoms with Crippen LogP contribution in [0.1, 0.15) is 13.8 Å². The first-order chi connectivity index (χ1) is 9.04. The summed E-state index contributed by atoms with van der Waals surface area (Å²) >= 11 is 11.8. The second-order valence-electron chi connectivity index (χ2n) is 4.94. The maximum Gasteiger partial charge on any atom is 0.120 e. The molecule has 3 nitrogen and oxygen atoms in total. The average molecular weight is 304 g/mol. The van der Waals surface area contributed by atoms with Gasteiger partial charge in [-0.3, -0.25) is 4.90 Å². The second-order valence-corrected chi connectivity index (χ2v) is 5.76. The molecule has 0 radical (unpaired) electrons. The third kappa shape index (κ3) is 4.53. The fourth-order valence-electron chi connectivity index (χ4n) is 2.33. The van der Waals surface area contributed by atoms with Gasteiger partial charge in [0.25, 0.3) is 0 Å². The molecule has 2 rings (SSSR count). The van der Waals surface area contributed by atoms with Gasteiger partial charge < -0.3 is 9.47 Å². The van der Waals surface area contributed by atoms with Crippen molar-refractivity contribution in [3.63, 3.8) is 0 Å². The summed E-state index contributed by atoms with van der Waals surface area (Å²) in [6, 6.07) is 5.32. The van der Waals surface area contributed by atoms with Crippen molar-refractivity contribution in [2.45, 2.75) is 26.1 Å². The molecule has 1 aromatic rings. The Morgan fingerprint density at radius 2 is 1.89 bits per heavy atom. The van der Waals surface area contributed by atoms with Gasteiger partial charge in [-0.05, 0) is 26.0 Å². The molecular weight excluding hydrogens is 285 g/mol. The second kappa shape index (κ2) is 6.80. The third-order valence-corrected chi connectivity index (χ3v) is 3.80. The number of benzene rings is 1. The molecule has 106 valence electrons. The molecule has 1 aliphatic heterocycles. The number of rotatable bonds is 4. The highest BCUT2D eigenvalue weighted by atomic mass is 35.5. The van der Waals surface area contributed by atoms with Gasteiger partial charge in [-0.25, -0.2) is 0 Å². The van der Waals surface area contributed by atoms with E-state index in [1.807, 2.05) is 6.07 Å². The Morgan fingerprint density at radius 3 is 2.53 bits per heavy atom. The summed E-state index contributed by atoms with van der Waals surface area (Å²) in [7, 11) is 0. The lowest BCUT2D eigenvalue weighted by Gasteiger charge is -2.35. The highest BCUT2D eigenvalue weighted by Gasteiger charge is 2.21. The van der Waals surface area contributed by atoms with Crippen LogP contribution in [0.2, 0.25) is 10.0 Å². The Labute approximate surface area is 124 Å². The molecule has 1 heterocycles. The van der Waals surface area contributed by atoms with Crippen molar-refractivity contribution >= 4 is 23.2 Å². The Balaban J connectivity index is 1.78. The lowest BCUT2D eigenvalue weighted by Crippen LogP contribution is -2.46. The van der Waals surface area contributed by atoms with Crippen LogP contribution < -0.4 is 4.74 Å². The lowest BCUT2D eigenvalue weighted by atomic mass is 10.2. The van der Waals surface area contributed by atoms with Crippen LogP contribution in [0, 0.1) is 0 Å². The first kappa shape index (κ1) is 14.9. The fraction of sp³-hybridized carbons (Fsp3) is 0.571. The summed E-state index contributed by atoms with van der Waals surface area (Å²) in [5.41, 5.74) is 0. The van der Waals surface area contributed by atoms with Crippen molar-refractivity contribution in [2.75, 3.05) is 26.2 Å². The van der Waals surface area contributed by atoms with E-state index in [2.05, 4.69) is 18.7 Å². The molecule has 1 saturated heterocycles. The van der Waals surface area contributed by atoms with E-state index in [0.29, 0.717) is 16.7 Å². The summed E-state index contributed by atoms with van der Waals surface area (Å²) in [6.45, 7) is 7.63. The lowest BCUT2D eigenvalue weighted by molar-refractivity contribution is -0.0699. The van der Waals surface area contributed by atoms with Crippen molar-refractivity contribution in [2.24, 2.45) is 0 Å². The van der Waals surface area contributed by atoms with Gasteiger partial charge in [-0.15, -0.1) is 0 Å². The number of nitrogens with zero attached hydrogens (tertiary/aromatic N) is 1. The van der Waals surface area contributed by atoms with E-state index in [9.17, 15) is 0 Å². The van der Waals surface area contributed by atoms with E-state index in [0.717, 1.165) is 25.4 Å². The number of ether oxygens (including phenoxy) is 2. The van der Waals surface area contributed by atoms with Gasteiger partial charge in [0.2, 0.25) is 0 Å². The third-order valence-electron chi connectivity index (χ3n) is 3.06. The molecule has 0 aliphatic carbocycles. The zero-order valence-corrected chi connectivity index (χ0v) is 12.7. The van der Waals surface area contributed by atoms with E-state index in [-0.39, 0.29) is 12.2 Å². The Hall–Kier alpha value is -0.480. The smallest absolute Gasteiger partial charge is 0.120 e. The van der Waals surface area contributed by atoms with E-state index < -0.39 is 0 Å². The van der Waals surface area contributed by atoms with E-state index >= 15 is 0 Å². The molecule has 5 heteroatoms. The average Bonchev–Trinajstić information content (AvgIpc) is 2.32. The highest BCUT2D eigenvalue weighted by Crippen LogP contribution is 2.26. The molecule has 0 spiro atoms. The molecule has 0 N–H and O–H groups in total. The van der Waals surface area contributed by atoms with Crippen molar-refractivity contribution in [1.82, 2.24) is 4.90 Å². The molecule has 0 saturated carbocycles. The summed E-state index contributed by atoms with van der Waals surface area (Å²) < 4.78 is 11.4. The summed E-state index contributed by atoms with van der Waals surface area (Å²) in [5, 5.41) is 1.07. The number of hydrogen-bond acceptors (Lipinski definition) is 3. The van der Waals surface area contributed by atoms with Crippen molar-refractivity contribution < 1.29 is 9.47 Å².